The van der Waals surface area contributed by atoms with Crippen molar-refractivity contribution in [1.82, 2.24) is 4.90 Å². The van der Waals surface area contributed by atoms with Crippen molar-refractivity contribution in [1.29, 1.82) is 0 Å². The summed E-state index contributed by atoms with van der Waals surface area (Å²) in [7, 11) is 0. The van der Waals surface area contributed by atoms with Gasteiger partial charge in [-0.15, -0.1) is 0 Å². The highest BCUT2D eigenvalue weighted by Gasteiger charge is 2.34. The molecule has 2 aromatic rings. The Morgan fingerprint density at radius 1 is 1.14 bits per heavy atom. The van der Waals surface area contributed by atoms with Crippen molar-refractivity contribution in [3.05, 3.63) is 72.6 Å². The lowest BCUT2D eigenvalue weighted by molar-refractivity contribution is -0.113. The van der Waals surface area contributed by atoms with Crippen molar-refractivity contribution in [3.63, 3.8) is 0 Å². The van der Waals surface area contributed by atoms with Gasteiger partial charge in [-0.1, -0.05) is 49.4 Å². The number of carbonyl (C=O) groups excluding carboxylic acids is 2. The first-order valence-electron chi connectivity index (χ1n) is 9.34. The minimum atomic E-state index is -0.710. The van der Waals surface area contributed by atoms with Crippen molar-refractivity contribution >= 4 is 12.4 Å². The molecule has 2 atom stereocenters. The van der Waals surface area contributed by atoms with Crippen molar-refractivity contribution in [2.24, 2.45) is 0 Å². The molecule has 0 fully saturated rings. The molecule has 0 bridgehead atoms. The van der Waals surface area contributed by atoms with E-state index in [2.05, 4.69) is 6.92 Å². The van der Waals surface area contributed by atoms with Crippen LogP contribution in [-0.2, 0) is 16.0 Å². The number of hydrogen-bond acceptors (Lipinski definition) is 4. The maximum Gasteiger partial charge on any atom is 0.411 e. The van der Waals surface area contributed by atoms with Gasteiger partial charge in [0.1, 0.15) is 17.6 Å². The Balaban J connectivity index is 2.42. The van der Waals surface area contributed by atoms with Gasteiger partial charge in [-0.2, -0.15) is 0 Å². The molecule has 1 amide bonds. The molecular formula is C23H28NO4. The molecular weight excluding hydrogens is 354 g/mol. The number of rotatable bonds is 7. The van der Waals surface area contributed by atoms with Gasteiger partial charge in [-0.25, -0.2) is 4.79 Å². The highest BCUT2D eigenvalue weighted by molar-refractivity contribution is 5.75. The predicted octanol–water partition coefficient (Wildman–Crippen LogP) is 4.70. The Labute approximate surface area is 166 Å². The smallest absolute Gasteiger partial charge is 0.411 e. The molecule has 2 rings (SSSR count). The van der Waals surface area contributed by atoms with Gasteiger partial charge in [-0.05, 0) is 56.9 Å². The van der Waals surface area contributed by atoms with Crippen LogP contribution < -0.4 is 0 Å². The molecule has 1 N–H and O–H groups in total. The molecule has 2 aromatic carbocycles. The third-order valence-electron chi connectivity index (χ3n) is 4.29. The summed E-state index contributed by atoms with van der Waals surface area (Å²) >= 11 is 0. The lowest BCUT2D eigenvalue weighted by Gasteiger charge is -2.37. The van der Waals surface area contributed by atoms with E-state index in [1.54, 1.807) is 45.0 Å². The maximum absolute atomic E-state index is 13.1. The first kappa shape index (κ1) is 21.5. The van der Waals surface area contributed by atoms with E-state index in [9.17, 15) is 14.7 Å². The van der Waals surface area contributed by atoms with Crippen LogP contribution in [0.15, 0.2) is 54.6 Å². The molecule has 0 spiro atoms. The molecule has 149 valence electrons. The van der Waals surface area contributed by atoms with Gasteiger partial charge in [0.25, 0.3) is 0 Å². The molecule has 5 nitrogen and oxygen atoms in total. The molecule has 28 heavy (non-hydrogen) atoms. The highest BCUT2D eigenvalue weighted by atomic mass is 16.6. The van der Waals surface area contributed by atoms with Crippen LogP contribution in [0.5, 0.6) is 5.75 Å². The second-order valence-electron chi connectivity index (χ2n) is 7.68. The fourth-order valence-electron chi connectivity index (χ4n) is 3.04. The van der Waals surface area contributed by atoms with Crippen LogP contribution in [0.3, 0.4) is 0 Å². The average molecular weight is 382 g/mol. The van der Waals surface area contributed by atoms with Gasteiger partial charge in [0, 0.05) is 0 Å². The summed E-state index contributed by atoms with van der Waals surface area (Å²) in [6.45, 7) is 9.34. The molecule has 1 unspecified atom stereocenters. The van der Waals surface area contributed by atoms with E-state index in [-0.39, 0.29) is 5.75 Å². The van der Waals surface area contributed by atoms with E-state index in [0.29, 0.717) is 12.8 Å². The van der Waals surface area contributed by atoms with E-state index in [0.717, 1.165) is 17.4 Å². The summed E-state index contributed by atoms with van der Waals surface area (Å²) in [6.07, 6.45) is 0.934. The number of phenolic OH excluding ortho intramolecular Hbond substituents is 1. The zero-order valence-corrected chi connectivity index (χ0v) is 16.7. The van der Waals surface area contributed by atoms with Gasteiger partial charge < -0.3 is 14.6 Å². The van der Waals surface area contributed by atoms with Gasteiger partial charge in [0.05, 0.1) is 12.1 Å². The lowest BCUT2D eigenvalue weighted by Crippen LogP contribution is -2.47. The van der Waals surface area contributed by atoms with E-state index in [1.807, 2.05) is 30.3 Å². The van der Waals surface area contributed by atoms with Crippen LogP contribution in [-0.4, -0.2) is 34.0 Å². The largest absolute Gasteiger partial charge is 0.508 e. The summed E-state index contributed by atoms with van der Waals surface area (Å²) in [5.41, 5.74) is 1.02. The van der Waals surface area contributed by atoms with Crippen LogP contribution in [0.25, 0.3) is 0 Å². The van der Waals surface area contributed by atoms with E-state index in [1.165, 1.54) is 4.90 Å². The van der Waals surface area contributed by atoms with Crippen LogP contribution >= 0.6 is 0 Å². The number of benzene rings is 2. The third-order valence-corrected chi connectivity index (χ3v) is 4.29. The zero-order chi connectivity index (χ0) is 20.7. The molecule has 5 heteroatoms. The molecule has 1 radical (unpaired) electrons. The number of hydrogen-bond donors (Lipinski definition) is 1. The number of amides is 1. The number of aldehydes is 1. The topological polar surface area (TPSA) is 66.8 Å². The summed E-state index contributed by atoms with van der Waals surface area (Å²) < 4.78 is 5.60. The summed E-state index contributed by atoms with van der Waals surface area (Å²) in [4.78, 5) is 26.5. The SMILES string of the molecule is [CH2]CC(c1ccc(O)cc1)N(C(=O)OC(C)(C)C)[C@H](C=O)Cc1ccccc1. The summed E-state index contributed by atoms with van der Waals surface area (Å²) in [5.74, 6) is 0.131. The number of ether oxygens (including phenoxy) is 1. The Kier molecular flexibility index (Phi) is 7.21. The highest BCUT2D eigenvalue weighted by Crippen LogP contribution is 2.30. The predicted molar refractivity (Wildman–Crippen MR) is 109 cm³/mol. The first-order valence-corrected chi connectivity index (χ1v) is 9.34. The van der Waals surface area contributed by atoms with Gasteiger partial charge >= 0.3 is 6.09 Å². The summed E-state index contributed by atoms with van der Waals surface area (Å²) in [6, 6.07) is 14.9. The van der Waals surface area contributed by atoms with Crippen LogP contribution in [0.4, 0.5) is 4.79 Å². The molecule has 0 aliphatic carbocycles. The molecule has 0 saturated carbocycles. The minimum absolute atomic E-state index is 0.131. The zero-order valence-electron chi connectivity index (χ0n) is 16.7. The number of phenols is 1. The van der Waals surface area contributed by atoms with Crippen LogP contribution in [0.2, 0.25) is 0 Å². The summed E-state index contributed by atoms with van der Waals surface area (Å²) in [5, 5.41) is 9.58. The quantitative estimate of drug-likeness (QED) is 0.705. The second kappa shape index (κ2) is 9.40. The molecule has 0 aliphatic heterocycles. The van der Waals surface area contributed by atoms with Crippen LogP contribution in [0.1, 0.15) is 44.4 Å². The van der Waals surface area contributed by atoms with Crippen LogP contribution in [0, 0.1) is 6.92 Å². The normalized spacial score (nSPS) is 13.4. The third kappa shape index (κ3) is 5.84. The van der Waals surface area contributed by atoms with Crippen molar-refractivity contribution in [2.75, 3.05) is 0 Å². The van der Waals surface area contributed by atoms with E-state index in [4.69, 9.17) is 4.74 Å². The van der Waals surface area contributed by atoms with Gasteiger partial charge in [0.2, 0.25) is 0 Å². The van der Waals surface area contributed by atoms with Crippen molar-refractivity contribution in [2.45, 2.75) is 51.3 Å². The maximum atomic E-state index is 13.1. The standard InChI is InChI=1S/C23H28NO4/c1-5-21(18-11-13-20(26)14-12-18)24(22(27)28-23(2,3)4)19(16-25)15-17-9-7-6-8-10-17/h6-14,16,19,21,26H,1,5,15H2,2-4H3/t19-,21?/m0/s1. The molecule has 0 aliphatic rings. The molecule has 0 heterocycles. The first-order chi connectivity index (χ1) is 13.2. The Hall–Kier alpha value is -2.82. The van der Waals surface area contributed by atoms with Gasteiger partial charge in [0.15, 0.2) is 0 Å². The fourth-order valence-corrected chi connectivity index (χ4v) is 3.04. The number of aromatic hydroxyl groups is 1. The number of nitrogens with zero attached hydrogens (tertiary/aromatic N) is 1. The minimum Gasteiger partial charge on any atom is -0.508 e. The molecule has 0 saturated heterocycles. The Morgan fingerprint density at radius 3 is 2.25 bits per heavy atom. The molecule has 0 aromatic heterocycles. The monoisotopic (exact) mass is 382 g/mol. The Bertz CT molecular complexity index is 765. The number of carbonyl (C=O) groups is 2. The lowest BCUT2D eigenvalue weighted by atomic mass is 9.98. The van der Waals surface area contributed by atoms with Gasteiger partial charge in [-0.3, -0.25) is 4.90 Å². The van der Waals surface area contributed by atoms with E-state index >= 15 is 0 Å². The second-order valence-corrected chi connectivity index (χ2v) is 7.68. The van der Waals surface area contributed by atoms with Crippen molar-refractivity contribution in [3.8, 4) is 5.75 Å². The van der Waals surface area contributed by atoms with E-state index < -0.39 is 23.8 Å². The Morgan fingerprint density at radius 2 is 1.75 bits per heavy atom. The fraction of sp³-hybridized carbons (Fsp3) is 0.348. The van der Waals surface area contributed by atoms with Crippen molar-refractivity contribution < 1.29 is 19.4 Å². The average Bonchev–Trinajstić information content (AvgIpc) is 2.65.